The second-order valence-electron chi connectivity index (χ2n) is 3.39. The normalized spacial score (nSPS) is 12.1. The van der Waals surface area contributed by atoms with Crippen molar-refractivity contribution >= 4 is 11.8 Å². The zero-order valence-corrected chi connectivity index (χ0v) is 8.52. The van der Waals surface area contributed by atoms with E-state index in [1.54, 1.807) is 0 Å². The maximum atomic E-state index is 11.0. The van der Waals surface area contributed by atoms with Gasteiger partial charge in [-0.1, -0.05) is 6.07 Å². The van der Waals surface area contributed by atoms with Gasteiger partial charge in [-0.2, -0.15) is 0 Å². The van der Waals surface area contributed by atoms with Crippen LogP contribution in [0.3, 0.4) is 0 Å². The van der Waals surface area contributed by atoms with E-state index in [9.17, 15) is 14.7 Å². The van der Waals surface area contributed by atoms with Crippen molar-refractivity contribution in [1.82, 2.24) is 0 Å². The fourth-order valence-corrected chi connectivity index (χ4v) is 1.26. The molecule has 1 aromatic carbocycles. The van der Waals surface area contributed by atoms with Crippen LogP contribution < -0.4 is 0 Å². The van der Waals surface area contributed by atoms with Gasteiger partial charge in [0.1, 0.15) is 5.75 Å². The molecular formula is C11H12O4. The van der Waals surface area contributed by atoms with Crippen molar-refractivity contribution in [2.24, 2.45) is 0 Å². The van der Waals surface area contributed by atoms with E-state index in [0.717, 1.165) is 0 Å². The van der Waals surface area contributed by atoms with Gasteiger partial charge in [-0.15, -0.1) is 0 Å². The first-order chi connectivity index (χ1) is 6.93. The monoisotopic (exact) mass is 208 g/mol. The van der Waals surface area contributed by atoms with Crippen molar-refractivity contribution in [3.05, 3.63) is 29.3 Å². The van der Waals surface area contributed by atoms with Gasteiger partial charge in [-0.25, -0.2) is 0 Å². The third-order valence-corrected chi connectivity index (χ3v) is 2.27. The van der Waals surface area contributed by atoms with E-state index in [2.05, 4.69) is 0 Å². The fraction of sp³-hybridized carbons (Fsp3) is 0.273. The largest absolute Gasteiger partial charge is 0.507 e. The Morgan fingerprint density at radius 1 is 1.33 bits per heavy atom. The molecule has 1 unspecified atom stereocenters. The van der Waals surface area contributed by atoms with E-state index >= 15 is 0 Å². The van der Waals surface area contributed by atoms with Crippen molar-refractivity contribution in [1.29, 1.82) is 0 Å². The molecule has 0 bridgehead atoms. The third kappa shape index (κ3) is 2.34. The number of Topliss-reactive ketones (excluding diaryl/α,β-unsaturated/α-hetero) is 1. The highest BCUT2D eigenvalue weighted by Gasteiger charge is 2.16. The Morgan fingerprint density at radius 3 is 2.33 bits per heavy atom. The van der Waals surface area contributed by atoms with E-state index < -0.39 is 11.9 Å². The molecule has 0 amide bonds. The molecule has 2 N–H and O–H groups in total. The van der Waals surface area contributed by atoms with Crippen LogP contribution in [0.15, 0.2) is 18.2 Å². The molecule has 1 rings (SSSR count). The Labute approximate surface area is 87.2 Å². The van der Waals surface area contributed by atoms with Crippen LogP contribution in [-0.4, -0.2) is 22.0 Å². The summed E-state index contributed by atoms with van der Waals surface area (Å²) in [4.78, 5) is 21.7. The molecule has 0 aliphatic carbocycles. The lowest BCUT2D eigenvalue weighted by Crippen LogP contribution is -2.07. The summed E-state index contributed by atoms with van der Waals surface area (Å²) in [6, 6.07) is 4.29. The number of phenolic OH excluding ortho intramolecular Hbond substituents is 1. The van der Waals surface area contributed by atoms with E-state index in [1.807, 2.05) is 0 Å². The maximum absolute atomic E-state index is 11.0. The van der Waals surface area contributed by atoms with E-state index in [1.165, 1.54) is 32.0 Å². The van der Waals surface area contributed by atoms with Crippen LogP contribution in [0.1, 0.15) is 35.7 Å². The van der Waals surface area contributed by atoms with E-state index in [0.29, 0.717) is 5.56 Å². The second-order valence-corrected chi connectivity index (χ2v) is 3.39. The van der Waals surface area contributed by atoms with Gasteiger partial charge in [0.05, 0.1) is 11.5 Å². The van der Waals surface area contributed by atoms with Gasteiger partial charge >= 0.3 is 5.97 Å². The highest BCUT2D eigenvalue weighted by Crippen LogP contribution is 2.24. The highest BCUT2D eigenvalue weighted by atomic mass is 16.4. The first kappa shape index (κ1) is 11.2. The molecule has 0 aliphatic heterocycles. The Hall–Kier alpha value is -1.84. The van der Waals surface area contributed by atoms with Gasteiger partial charge in [-0.3, -0.25) is 9.59 Å². The van der Waals surface area contributed by atoms with Crippen LogP contribution in [0.2, 0.25) is 0 Å². The van der Waals surface area contributed by atoms with Gasteiger partial charge in [0.15, 0.2) is 5.78 Å². The quantitative estimate of drug-likeness (QED) is 0.742. The average Bonchev–Trinajstić information content (AvgIpc) is 2.15. The molecule has 1 aromatic rings. The molecule has 0 saturated heterocycles. The Bertz CT molecular complexity index is 409. The third-order valence-electron chi connectivity index (χ3n) is 2.27. The number of aromatic hydroxyl groups is 1. The number of hydrogen-bond donors (Lipinski definition) is 2. The number of carboxylic acids is 1. The average molecular weight is 208 g/mol. The van der Waals surface area contributed by atoms with Crippen LogP contribution in [-0.2, 0) is 4.79 Å². The number of benzene rings is 1. The molecule has 4 nitrogen and oxygen atoms in total. The minimum absolute atomic E-state index is 0.173. The van der Waals surface area contributed by atoms with Gasteiger partial charge in [-0.05, 0) is 31.5 Å². The SMILES string of the molecule is CC(=O)c1ccc(C(C)C(=O)O)cc1O. The summed E-state index contributed by atoms with van der Waals surface area (Å²) < 4.78 is 0. The Morgan fingerprint density at radius 2 is 1.93 bits per heavy atom. The Kier molecular flexibility index (Phi) is 3.09. The van der Waals surface area contributed by atoms with Crippen LogP contribution >= 0.6 is 0 Å². The molecular weight excluding hydrogens is 196 g/mol. The maximum Gasteiger partial charge on any atom is 0.310 e. The van der Waals surface area contributed by atoms with Crippen molar-refractivity contribution in [2.75, 3.05) is 0 Å². The van der Waals surface area contributed by atoms with Crippen LogP contribution in [0.25, 0.3) is 0 Å². The molecule has 0 fully saturated rings. The number of ketones is 1. The highest BCUT2D eigenvalue weighted by molar-refractivity contribution is 5.96. The molecule has 80 valence electrons. The van der Waals surface area contributed by atoms with Crippen molar-refractivity contribution in [2.45, 2.75) is 19.8 Å². The van der Waals surface area contributed by atoms with E-state index in [4.69, 9.17) is 5.11 Å². The van der Waals surface area contributed by atoms with E-state index in [-0.39, 0.29) is 17.1 Å². The number of aliphatic carboxylic acids is 1. The topological polar surface area (TPSA) is 74.6 Å². The minimum atomic E-state index is -0.968. The molecule has 0 saturated carbocycles. The predicted molar refractivity (Wildman–Crippen MR) is 54.2 cm³/mol. The summed E-state index contributed by atoms with van der Waals surface area (Å²) in [7, 11) is 0. The lowest BCUT2D eigenvalue weighted by atomic mass is 9.98. The minimum Gasteiger partial charge on any atom is -0.507 e. The summed E-state index contributed by atoms with van der Waals surface area (Å²) >= 11 is 0. The summed E-state index contributed by atoms with van der Waals surface area (Å²) in [5.41, 5.74) is 0.682. The van der Waals surface area contributed by atoms with Gasteiger partial charge in [0.25, 0.3) is 0 Å². The smallest absolute Gasteiger partial charge is 0.310 e. The van der Waals surface area contributed by atoms with Crippen LogP contribution in [0.4, 0.5) is 0 Å². The standard InChI is InChI=1S/C11H12O4/c1-6(11(14)15)8-3-4-9(7(2)12)10(13)5-8/h3-6,13H,1-2H3,(H,14,15). The van der Waals surface area contributed by atoms with Crippen LogP contribution in [0, 0.1) is 0 Å². The van der Waals surface area contributed by atoms with Crippen molar-refractivity contribution < 1.29 is 19.8 Å². The number of rotatable bonds is 3. The molecule has 0 heterocycles. The summed E-state index contributed by atoms with van der Waals surface area (Å²) in [5.74, 6) is -2.09. The first-order valence-corrected chi connectivity index (χ1v) is 4.50. The number of hydrogen-bond acceptors (Lipinski definition) is 3. The zero-order valence-electron chi connectivity index (χ0n) is 8.52. The molecule has 1 atom stereocenters. The molecule has 0 aliphatic rings. The summed E-state index contributed by atoms with van der Waals surface area (Å²) in [5, 5.41) is 18.2. The van der Waals surface area contributed by atoms with Crippen LogP contribution in [0.5, 0.6) is 5.75 Å². The Balaban J connectivity index is 3.12. The van der Waals surface area contributed by atoms with Gasteiger partial charge in [0, 0.05) is 0 Å². The van der Waals surface area contributed by atoms with Crippen molar-refractivity contribution in [3.63, 3.8) is 0 Å². The molecule has 0 spiro atoms. The number of carbonyl (C=O) groups is 2. The van der Waals surface area contributed by atoms with Crippen molar-refractivity contribution in [3.8, 4) is 5.75 Å². The fourth-order valence-electron chi connectivity index (χ4n) is 1.26. The lowest BCUT2D eigenvalue weighted by Gasteiger charge is -2.08. The second kappa shape index (κ2) is 4.13. The molecule has 15 heavy (non-hydrogen) atoms. The van der Waals surface area contributed by atoms with Gasteiger partial charge < -0.3 is 10.2 Å². The van der Waals surface area contributed by atoms with Gasteiger partial charge in [0.2, 0.25) is 0 Å². The summed E-state index contributed by atoms with van der Waals surface area (Å²) in [6.07, 6.45) is 0. The number of carbonyl (C=O) groups excluding carboxylic acids is 1. The first-order valence-electron chi connectivity index (χ1n) is 4.50. The molecule has 0 aromatic heterocycles. The number of phenols is 1. The predicted octanol–water partition coefficient (Wildman–Crippen LogP) is 1.78. The molecule has 4 heteroatoms. The molecule has 0 radical (unpaired) electrons. The zero-order chi connectivity index (χ0) is 11.6. The number of carboxylic acid groups (broad SMARTS) is 1. The summed E-state index contributed by atoms with van der Waals surface area (Å²) in [6.45, 7) is 2.86. The lowest BCUT2D eigenvalue weighted by molar-refractivity contribution is -0.138.